The molecule has 1 N–H and O–H groups in total. The van der Waals surface area contributed by atoms with Crippen molar-refractivity contribution in [3.8, 4) is 5.75 Å². The number of carbonyl (C=O) groups is 2. The number of nitrogens with one attached hydrogen (secondary N) is 1. The largest absolute Gasteiger partial charge is 0.490 e. The molecule has 27 heavy (non-hydrogen) atoms. The summed E-state index contributed by atoms with van der Waals surface area (Å²) in [6.07, 6.45) is 0. The fourth-order valence-electron chi connectivity index (χ4n) is 1.99. The van der Waals surface area contributed by atoms with E-state index in [0.29, 0.717) is 10.7 Å². The molecule has 0 saturated carbocycles. The summed E-state index contributed by atoms with van der Waals surface area (Å²) in [5.41, 5.74) is -0.0447. The molecule has 0 radical (unpaired) electrons. The maximum absolute atomic E-state index is 12.0. The highest BCUT2D eigenvalue weighted by Gasteiger charge is 2.20. The SMILES string of the molecule is COc1ccc(C(=O)OCC(=O)Nc2nc(C)c(Cl)cc2Cl)cc1[N+](=O)[O-]. The number of hydrogen-bond donors (Lipinski definition) is 1. The van der Waals surface area contributed by atoms with Gasteiger partial charge in [-0.2, -0.15) is 0 Å². The zero-order valence-electron chi connectivity index (χ0n) is 14.1. The van der Waals surface area contributed by atoms with Gasteiger partial charge in [0.2, 0.25) is 0 Å². The van der Waals surface area contributed by atoms with Crippen molar-refractivity contribution in [3.63, 3.8) is 0 Å². The van der Waals surface area contributed by atoms with Crippen LogP contribution in [0.15, 0.2) is 24.3 Å². The fraction of sp³-hybridized carbons (Fsp3) is 0.188. The minimum Gasteiger partial charge on any atom is -0.490 e. The first-order chi connectivity index (χ1) is 12.7. The summed E-state index contributed by atoms with van der Waals surface area (Å²) in [7, 11) is 1.27. The summed E-state index contributed by atoms with van der Waals surface area (Å²) in [6, 6.07) is 4.96. The van der Waals surface area contributed by atoms with E-state index in [9.17, 15) is 19.7 Å². The average molecular weight is 414 g/mol. The van der Waals surface area contributed by atoms with Crippen LogP contribution >= 0.6 is 23.2 Å². The number of carbonyl (C=O) groups excluding carboxylic acids is 2. The lowest BCUT2D eigenvalue weighted by molar-refractivity contribution is -0.385. The summed E-state index contributed by atoms with van der Waals surface area (Å²) in [5, 5.41) is 13.8. The molecule has 0 aliphatic heterocycles. The van der Waals surface area contributed by atoms with Gasteiger partial charge < -0.3 is 14.8 Å². The first-order valence-corrected chi connectivity index (χ1v) is 8.10. The van der Waals surface area contributed by atoms with Crippen LogP contribution in [0.5, 0.6) is 5.75 Å². The number of nitrogens with zero attached hydrogens (tertiary/aromatic N) is 2. The third-order valence-corrected chi connectivity index (χ3v) is 3.98. The molecule has 1 amide bonds. The molecule has 0 unspecified atom stereocenters. The number of esters is 1. The highest BCUT2D eigenvalue weighted by atomic mass is 35.5. The van der Waals surface area contributed by atoms with E-state index in [0.717, 1.165) is 6.07 Å². The lowest BCUT2D eigenvalue weighted by Gasteiger charge is -2.09. The number of halogens is 2. The second kappa shape index (κ2) is 8.65. The molecule has 0 fully saturated rings. The predicted octanol–water partition coefficient (Wildman–Crippen LogP) is 3.41. The van der Waals surface area contributed by atoms with Gasteiger partial charge in [0.25, 0.3) is 5.91 Å². The van der Waals surface area contributed by atoms with Gasteiger partial charge in [-0.15, -0.1) is 0 Å². The van der Waals surface area contributed by atoms with Crippen molar-refractivity contribution >= 4 is 46.6 Å². The molecular formula is C16H13Cl2N3O6. The van der Waals surface area contributed by atoms with E-state index < -0.39 is 29.1 Å². The molecule has 0 aliphatic carbocycles. The lowest BCUT2D eigenvalue weighted by Crippen LogP contribution is -2.22. The van der Waals surface area contributed by atoms with Crippen molar-refractivity contribution in [2.75, 3.05) is 19.0 Å². The van der Waals surface area contributed by atoms with Crippen LogP contribution in [0.3, 0.4) is 0 Å². The molecular weight excluding hydrogens is 401 g/mol. The molecule has 1 heterocycles. The van der Waals surface area contributed by atoms with E-state index in [1.54, 1.807) is 6.92 Å². The summed E-state index contributed by atoms with van der Waals surface area (Å²) in [4.78, 5) is 38.3. The van der Waals surface area contributed by atoms with E-state index in [1.807, 2.05) is 0 Å². The maximum Gasteiger partial charge on any atom is 0.338 e. The molecule has 1 aromatic carbocycles. The third kappa shape index (κ3) is 5.05. The van der Waals surface area contributed by atoms with E-state index >= 15 is 0 Å². The molecule has 2 aromatic rings. The molecule has 1 aromatic heterocycles. The Morgan fingerprint density at radius 3 is 2.59 bits per heavy atom. The van der Waals surface area contributed by atoms with Crippen molar-refractivity contribution in [1.82, 2.24) is 4.98 Å². The van der Waals surface area contributed by atoms with Gasteiger partial charge in [0.1, 0.15) is 0 Å². The van der Waals surface area contributed by atoms with Crippen LogP contribution in [0.2, 0.25) is 10.0 Å². The van der Waals surface area contributed by atoms with Crippen molar-refractivity contribution in [3.05, 3.63) is 55.7 Å². The molecule has 0 spiro atoms. The van der Waals surface area contributed by atoms with Crippen LogP contribution in [0, 0.1) is 17.0 Å². The summed E-state index contributed by atoms with van der Waals surface area (Å²) in [5.74, 6) is -1.54. The van der Waals surface area contributed by atoms with Crippen molar-refractivity contribution < 1.29 is 24.0 Å². The zero-order chi connectivity index (χ0) is 20.1. The van der Waals surface area contributed by atoms with Gasteiger partial charge in [-0.25, -0.2) is 9.78 Å². The van der Waals surface area contributed by atoms with E-state index in [1.165, 1.54) is 25.3 Å². The quantitative estimate of drug-likeness (QED) is 0.437. The van der Waals surface area contributed by atoms with Crippen LogP contribution in [-0.4, -0.2) is 35.5 Å². The summed E-state index contributed by atoms with van der Waals surface area (Å²) in [6.45, 7) is 0.989. The van der Waals surface area contributed by atoms with Gasteiger partial charge in [0.15, 0.2) is 18.2 Å². The van der Waals surface area contributed by atoms with Gasteiger partial charge >= 0.3 is 11.7 Å². The number of hydrogen-bond acceptors (Lipinski definition) is 7. The zero-order valence-corrected chi connectivity index (χ0v) is 15.6. The summed E-state index contributed by atoms with van der Waals surface area (Å²) >= 11 is 11.8. The predicted molar refractivity (Wildman–Crippen MR) is 97.6 cm³/mol. The molecule has 0 bridgehead atoms. The Kier molecular flexibility index (Phi) is 6.54. The third-order valence-electron chi connectivity index (χ3n) is 3.31. The van der Waals surface area contributed by atoms with Crippen LogP contribution in [0.1, 0.15) is 16.1 Å². The van der Waals surface area contributed by atoms with Crippen molar-refractivity contribution in [2.45, 2.75) is 6.92 Å². The van der Waals surface area contributed by atoms with Crippen LogP contribution in [-0.2, 0) is 9.53 Å². The standard InChI is InChI=1S/C16H13Cl2N3O6/c1-8-10(17)6-11(18)15(19-8)20-14(22)7-27-16(23)9-3-4-13(26-2)12(5-9)21(24)25/h3-6H,7H2,1-2H3,(H,19,20,22). The van der Waals surface area contributed by atoms with Gasteiger partial charge in [-0.3, -0.25) is 14.9 Å². The average Bonchev–Trinajstić information content (AvgIpc) is 2.63. The highest BCUT2D eigenvalue weighted by molar-refractivity contribution is 6.36. The number of aryl methyl sites for hydroxylation is 1. The number of nitro benzene ring substituents is 1. The van der Waals surface area contributed by atoms with Gasteiger partial charge in [-0.1, -0.05) is 23.2 Å². The number of nitro groups is 1. The number of amides is 1. The Morgan fingerprint density at radius 1 is 1.26 bits per heavy atom. The van der Waals surface area contributed by atoms with Gasteiger partial charge in [0.05, 0.1) is 33.3 Å². The van der Waals surface area contributed by atoms with Crippen LogP contribution in [0.4, 0.5) is 11.5 Å². The number of benzene rings is 1. The first kappa shape index (κ1) is 20.4. The Morgan fingerprint density at radius 2 is 1.96 bits per heavy atom. The van der Waals surface area contributed by atoms with Crippen molar-refractivity contribution in [2.24, 2.45) is 0 Å². The van der Waals surface area contributed by atoms with Crippen LogP contribution < -0.4 is 10.1 Å². The monoisotopic (exact) mass is 413 g/mol. The van der Waals surface area contributed by atoms with Gasteiger partial charge in [0, 0.05) is 6.07 Å². The second-order valence-corrected chi connectivity index (χ2v) is 5.97. The number of anilines is 1. The summed E-state index contributed by atoms with van der Waals surface area (Å²) < 4.78 is 9.70. The maximum atomic E-state index is 12.0. The Hall–Kier alpha value is -2.91. The van der Waals surface area contributed by atoms with E-state index in [4.69, 9.17) is 32.7 Å². The Balaban J connectivity index is 2.03. The fourth-order valence-corrected chi connectivity index (χ4v) is 2.39. The molecule has 11 heteroatoms. The normalized spacial score (nSPS) is 10.2. The molecule has 9 nitrogen and oxygen atoms in total. The lowest BCUT2D eigenvalue weighted by atomic mass is 10.2. The molecule has 0 aliphatic rings. The number of methoxy groups -OCH3 is 1. The second-order valence-electron chi connectivity index (χ2n) is 5.15. The molecule has 0 atom stereocenters. The van der Waals surface area contributed by atoms with Crippen LogP contribution in [0.25, 0.3) is 0 Å². The minimum atomic E-state index is -0.915. The van der Waals surface area contributed by atoms with Gasteiger partial charge in [-0.05, 0) is 25.1 Å². The number of aromatic nitrogens is 1. The topological polar surface area (TPSA) is 121 Å². The van der Waals surface area contributed by atoms with Crippen molar-refractivity contribution in [1.29, 1.82) is 0 Å². The number of pyridine rings is 1. The molecule has 2 rings (SSSR count). The Labute approximate surface area is 163 Å². The Bertz CT molecular complexity index is 919. The first-order valence-electron chi connectivity index (χ1n) is 7.35. The molecule has 142 valence electrons. The smallest absolute Gasteiger partial charge is 0.338 e. The minimum absolute atomic E-state index is 0.00637. The van der Waals surface area contributed by atoms with E-state index in [2.05, 4.69) is 10.3 Å². The molecule has 0 saturated heterocycles. The van der Waals surface area contributed by atoms with E-state index in [-0.39, 0.29) is 22.2 Å². The number of ether oxygens (including phenoxy) is 2. The number of rotatable bonds is 6. The highest BCUT2D eigenvalue weighted by Crippen LogP contribution is 2.28.